The maximum absolute atomic E-state index is 6.18. The van der Waals surface area contributed by atoms with Gasteiger partial charge in [-0.15, -0.1) is 0 Å². The summed E-state index contributed by atoms with van der Waals surface area (Å²) < 4.78 is 6.18. The van der Waals surface area contributed by atoms with Crippen molar-refractivity contribution < 1.29 is 4.74 Å². The van der Waals surface area contributed by atoms with Crippen LogP contribution in [0.2, 0.25) is 0 Å². The van der Waals surface area contributed by atoms with E-state index in [0.717, 1.165) is 19.5 Å². The van der Waals surface area contributed by atoms with E-state index in [4.69, 9.17) is 4.74 Å². The third-order valence-corrected chi connectivity index (χ3v) is 3.25. The lowest BCUT2D eigenvalue weighted by Crippen LogP contribution is -2.28. The van der Waals surface area contributed by atoms with Crippen molar-refractivity contribution >= 4 is 0 Å². The van der Waals surface area contributed by atoms with Crippen molar-refractivity contribution in [1.82, 2.24) is 5.32 Å². The van der Waals surface area contributed by atoms with E-state index < -0.39 is 0 Å². The Morgan fingerprint density at radius 1 is 1.11 bits per heavy atom. The number of ether oxygens (including phenoxy) is 1. The highest BCUT2D eigenvalue weighted by Gasteiger charge is 2.17. The highest BCUT2D eigenvalue weighted by atomic mass is 16.5. The Morgan fingerprint density at radius 3 is 2.33 bits per heavy atom. The molecule has 2 heteroatoms. The minimum atomic E-state index is 0.148. The molecule has 0 aliphatic carbocycles. The Balaban J connectivity index is 2.63. The highest BCUT2D eigenvalue weighted by molar-refractivity contribution is 5.18. The van der Waals surface area contributed by atoms with E-state index in [1.165, 1.54) is 5.56 Å². The molecule has 1 rings (SSSR count). The first-order valence-corrected chi connectivity index (χ1v) is 7.06. The number of rotatable bonds is 8. The van der Waals surface area contributed by atoms with Gasteiger partial charge in [-0.2, -0.15) is 0 Å². The van der Waals surface area contributed by atoms with E-state index in [0.29, 0.717) is 5.92 Å². The van der Waals surface area contributed by atoms with Crippen molar-refractivity contribution in [3.05, 3.63) is 35.9 Å². The standard InChI is InChI=1S/C16H27NO/c1-5-11-17-12-16(18-14(4)13(2)3)15-9-7-6-8-10-15/h6-10,13-14,16-17H,5,11-12H2,1-4H3. The molecule has 0 aromatic heterocycles. The highest BCUT2D eigenvalue weighted by Crippen LogP contribution is 2.21. The van der Waals surface area contributed by atoms with Crippen molar-refractivity contribution in [1.29, 1.82) is 0 Å². The fourth-order valence-electron chi connectivity index (χ4n) is 1.74. The first-order chi connectivity index (χ1) is 8.65. The van der Waals surface area contributed by atoms with Crippen molar-refractivity contribution in [3.63, 3.8) is 0 Å². The molecule has 2 atom stereocenters. The molecule has 0 bridgehead atoms. The molecule has 0 fully saturated rings. The van der Waals surface area contributed by atoms with Crippen LogP contribution in [0.3, 0.4) is 0 Å². The maximum atomic E-state index is 6.18. The largest absolute Gasteiger partial charge is 0.369 e. The fraction of sp³-hybridized carbons (Fsp3) is 0.625. The Hall–Kier alpha value is -0.860. The van der Waals surface area contributed by atoms with Crippen LogP contribution in [0.4, 0.5) is 0 Å². The van der Waals surface area contributed by atoms with Crippen molar-refractivity contribution in [2.24, 2.45) is 5.92 Å². The molecule has 1 N–H and O–H groups in total. The van der Waals surface area contributed by atoms with Crippen LogP contribution in [-0.2, 0) is 4.74 Å². The summed E-state index contributed by atoms with van der Waals surface area (Å²) in [5, 5.41) is 3.45. The molecule has 0 spiro atoms. The van der Waals surface area contributed by atoms with Gasteiger partial charge in [-0.05, 0) is 31.4 Å². The summed E-state index contributed by atoms with van der Waals surface area (Å²) in [7, 11) is 0. The van der Waals surface area contributed by atoms with Crippen molar-refractivity contribution in [2.75, 3.05) is 13.1 Å². The monoisotopic (exact) mass is 249 g/mol. The smallest absolute Gasteiger partial charge is 0.0952 e. The average Bonchev–Trinajstić information content (AvgIpc) is 2.38. The molecular formula is C16H27NO. The van der Waals surface area contributed by atoms with Crippen LogP contribution < -0.4 is 5.32 Å². The maximum Gasteiger partial charge on any atom is 0.0952 e. The third-order valence-electron chi connectivity index (χ3n) is 3.25. The van der Waals surface area contributed by atoms with E-state index in [2.05, 4.69) is 57.3 Å². The molecule has 0 aliphatic rings. The lowest BCUT2D eigenvalue weighted by molar-refractivity contribution is -0.0258. The third kappa shape index (κ3) is 5.19. The van der Waals surface area contributed by atoms with E-state index in [1.807, 2.05) is 6.07 Å². The van der Waals surface area contributed by atoms with E-state index in [9.17, 15) is 0 Å². The van der Waals surface area contributed by atoms with Crippen LogP contribution in [-0.4, -0.2) is 19.2 Å². The quantitative estimate of drug-likeness (QED) is 0.708. The van der Waals surface area contributed by atoms with Gasteiger partial charge in [0, 0.05) is 6.54 Å². The Morgan fingerprint density at radius 2 is 1.78 bits per heavy atom. The lowest BCUT2D eigenvalue weighted by Gasteiger charge is -2.25. The zero-order valence-corrected chi connectivity index (χ0v) is 12.1. The fourth-order valence-corrected chi connectivity index (χ4v) is 1.74. The van der Waals surface area contributed by atoms with Gasteiger partial charge in [0.2, 0.25) is 0 Å². The van der Waals surface area contributed by atoms with Gasteiger partial charge in [-0.3, -0.25) is 0 Å². The molecule has 2 unspecified atom stereocenters. The van der Waals surface area contributed by atoms with Crippen LogP contribution in [0.15, 0.2) is 30.3 Å². The van der Waals surface area contributed by atoms with Gasteiger partial charge < -0.3 is 10.1 Å². The molecule has 0 aliphatic heterocycles. The van der Waals surface area contributed by atoms with Crippen LogP contribution in [0, 0.1) is 5.92 Å². The van der Waals surface area contributed by atoms with Crippen LogP contribution in [0.1, 0.15) is 45.8 Å². The molecular weight excluding hydrogens is 222 g/mol. The summed E-state index contributed by atoms with van der Waals surface area (Å²) >= 11 is 0. The number of benzene rings is 1. The van der Waals surface area contributed by atoms with Gasteiger partial charge in [0.05, 0.1) is 12.2 Å². The summed E-state index contributed by atoms with van der Waals surface area (Å²) in [6.07, 6.45) is 1.58. The van der Waals surface area contributed by atoms with E-state index in [1.54, 1.807) is 0 Å². The summed E-state index contributed by atoms with van der Waals surface area (Å²) in [5.74, 6) is 0.544. The first kappa shape index (κ1) is 15.2. The van der Waals surface area contributed by atoms with Gasteiger partial charge >= 0.3 is 0 Å². The summed E-state index contributed by atoms with van der Waals surface area (Å²) in [6.45, 7) is 10.7. The van der Waals surface area contributed by atoms with Crippen molar-refractivity contribution in [3.8, 4) is 0 Å². The molecule has 1 aromatic carbocycles. The zero-order valence-electron chi connectivity index (χ0n) is 12.1. The molecule has 102 valence electrons. The van der Waals surface area contributed by atoms with E-state index >= 15 is 0 Å². The van der Waals surface area contributed by atoms with E-state index in [-0.39, 0.29) is 12.2 Å². The summed E-state index contributed by atoms with van der Waals surface area (Å²) in [4.78, 5) is 0. The minimum absolute atomic E-state index is 0.148. The molecule has 0 amide bonds. The molecule has 2 nitrogen and oxygen atoms in total. The second kappa shape index (κ2) is 8.28. The number of hydrogen-bond acceptors (Lipinski definition) is 2. The normalized spacial score (nSPS) is 14.7. The number of hydrogen-bond donors (Lipinski definition) is 1. The first-order valence-electron chi connectivity index (χ1n) is 7.06. The minimum Gasteiger partial charge on any atom is -0.369 e. The topological polar surface area (TPSA) is 21.3 Å². The van der Waals surface area contributed by atoms with Gasteiger partial charge in [-0.25, -0.2) is 0 Å². The predicted octanol–water partition coefficient (Wildman–Crippen LogP) is 3.79. The van der Waals surface area contributed by atoms with Crippen LogP contribution in [0.25, 0.3) is 0 Å². The molecule has 1 aromatic rings. The van der Waals surface area contributed by atoms with Crippen LogP contribution in [0.5, 0.6) is 0 Å². The Kier molecular flexibility index (Phi) is 6.99. The SMILES string of the molecule is CCCNCC(OC(C)C(C)C)c1ccccc1. The lowest BCUT2D eigenvalue weighted by atomic mass is 10.1. The average molecular weight is 249 g/mol. The second-order valence-electron chi connectivity index (χ2n) is 5.19. The van der Waals surface area contributed by atoms with Gasteiger partial charge in [0.25, 0.3) is 0 Å². The van der Waals surface area contributed by atoms with Gasteiger partial charge in [0.1, 0.15) is 0 Å². The summed E-state index contributed by atoms with van der Waals surface area (Å²) in [6, 6.07) is 10.5. The molecule has 0 saturated carbocycles. The molecule has 0 saturated heterocycles. The zero-order chi connectivity index (χ0) is 13.4. The van der Waals surface area contributed by atoms with Crippen LogP contribution >= 0.6 is 0 Å². The number of nitrogens with one attached hydrogen (secondary N) is 1. The summed E-state index contributed by atoms with van der Waals surface area (Å²) in [5.41, 5.74) is 1.26. The molecule has 18 heavy (non-hydrogen) atoms. The second-order valence-corrected chi connectivity index (χ2v) is 5.19. The Labute approximate surface area is 112 Å². The molecule has 0 heterocycles. The van der Waals surface area contributed by atoms with Gasteiger partial charge in [-0.1, -0.05) is 51.1 Å². The Bertz CT molecular complexity index is 310. The van der Waals surface area contributed by atoms with Crippen molar-refractivity contribution in [2.45, 2.75) is 46.3 Å². The predicted molar refractivity (Wildman–Crippen MR) is 77.7 cm³/mol. The van der Waals surface area contributed by atoms with Gasteiger partial charge in [0.15, 0.2) is 0 Å². The molecule has 0 radical (unpaired) electrons.